The van der Waals surface area contributed by atoms with Gasteiger partial charge in [-0.1, -0.05) is 19.4 Å². The van der Waals surface area contributed by atoms with Crippen LogP contribution < -0.4 is 5.73 Å². The zero-order valence-corrected chi connectivity index (χ0v) is 9.13. The summed E-state index contributed by atoms with van der Waals surface area (Å²) in [7, 11) is 0. The summed E-state index contributed by atoms with van der Waals surface area (Å²) in [4.78, 5) is 0. The first-order valence-corrected chi connectivity index (χ1v) is 5.33. The molecule has 0 aliphatic rings. The van der Waals surface area contributed by atoms with Gasteiger partial charge < -0.3 is 10.5 Å². The first-order chi connectivity index (χ1) is 7.27. The highest BCUT2D eigenvalue weighted by Crippen LogP contribution is 2.11. The second kappa shape index (κ2) is 6.53. The molecule has 0 spiro atoms. The second-order valence-electron chi connectivity index (χ2n) is 3.54. The molecule has 0 amide bonds. The van der Waals surface area contributed by atoms with E-state index < -0.39 is 0 Å². The molecule has 0 heterocycles. The largest absolute Gasteiger partial charge is 0.377 e. The Hall–Kier alpha value is -0.930. The van der Waals surface area contributed by atoms with E-state index >= 15 is 0 Å². The van der Waals surface area contributed by atoms with Crippen LogP contribution in [0.5, 0.6) is 0 Å². The van der Waals surface area contributed by atoms with E-state index in [1.807, 2.05) is 0 Å². The van der Waals surface area contributed by atoms with Crippen molar-refractivity contribution in [1.29, 1.82) is 0 Å². The molecule has 1 aromatic carbocycles. The van der Waals surface area contributed by atoms with Crippen LogP contribution in [0.1, 0.15) is 30.9 Å². The molecule has 0 saturated heterocycles. The maximum atomic E-state index is 13.1. The molecule has 0 aliphatic heterocycles. The summed E-state index contributed by atoms with van der Waals surface area (Å²) in [5.74, 6) is -0.241. The van der Waals surface area contributed by atoms with Gasteiger partial charge in [-0.2, -0.15) is 0 Å². The molecule has 0 saturated carbocycles. The van der Waals surface area contributed by atoms with Gasteiger partial charge in [0.15, 0.2) is 0 Å². The quantitative estimate of drug-likeness (QED) is 0.734. The number of hydrogen-bond acceptors (Lipinski definition) is 2. The Morgan fingerprint density at radius 3 is 2.87 bits per heavy atom. The van der Waals surface area contributed by atoms with E-state index in [4.69, 9.17) is 10.5 Å². The van der Waals surface area contributed by atoms with Crippen molar-refractivity contribution in [2.75, 3.05) is 6.61 Å². The van der Waals surface area contributed by atoms with Crippen molar-refractivity contribution in [2.24, 2.45) is 5.73 Å². The molecular formula is C12H18FNO. The molecule has 0 unspecified atom stereocenters. The van der Waals surface area contributed by atoms with Crippen LogP contribution in [-0.2, 0) is 17.9 Å². The van der Waals surface area contributed by atoms with E-state index in [-0.39, 0.29) is 12.4 Å². The van der Waals surface area contributed by atoms with E-state index in [0.717, 1.165) is 25.0 Å². The fraction of sp³-hybridized carbons (Fsp3) is 0.500. The first kappa shape index (κ1) is 12.1. The lowest BCUT2D eigenvalue weighted by atomic mass is 10.1. The van der Waals surface area contributed by atoms with Gasteiger partial charge in [0.05, 0.1) is 6.61 Å². The SMILES string of the molecule is CCCCOCc1ccc(F)c(CN)c1. The van der Waals surface area contributed by atoms with E-state index in [1.54, 1.807) is 12.1 Å². The fourth-order valence-electron chi connectivity index (χ4n) is 1.31. The molecule has 0 radical (unpaired) electrons. The van der Waals surface area contributed by atoms with Gasteiger partial charge in [-0.05, 0) is 24.1 Å². The lowest BCUT2D eigenvalue weighted by Gasteiger charge is -2.06. The Labute approximate surface area is 90.2 Å². The van der Waals surface area contributed by atoms with Crippen molar-refractivity contribution < 1.29 is 9.13 Å². The summed E-state index contributed by atoms with van der Waals surface area (Å²) in [6.45, 7) is 3.64. The maximum absolute atomic E-state index is 13.1. The minimum atomic E-state index is -0.241. The molecule has 0 aromatic heterocycles. The van der Waals surface area contributed by atoms with Gasteiger partial charge in [0.2, 0.25) is 0 Å². The first-order valence-electron chi connectivity index (χ1n) is 5.33. The van der Waals surface area contributed by atoms with Crippen LogP contribution in [0.3, 0.4) is 0 Å². The Morgan fingerprint density at radius 2 is 2.20 bits per heavy atom. The minimum absolute atomic E-state index is 0.231. The van der Waals surface area contributed by atoms with Gasteiger partial charge in [-0.15, -0.1) is 0 Å². The third-order valence-corrected chi connectivity index (χ3v) is 2.24. The number of hydrogen-bond donors (Lipinski definition) is 1. The highest BCUT2D eigenvalue weighted by molar-refractivity contribution is 5.24. The van der Waals surface area contributed by atoms with Gasteiger partial charge >= 0.3 is 0 Å². The molecule has 84 valence electrons. The molecule has 0 atom stereocenters. The topological polar surface area (TPSA) is 35.2 Å². The molecular weight excluding hydrogens is 193 g/mol. The Balaban J connectivity index is 2.47. The number of halogens is 1. The highest BCUT2D eigenvalue weighted by atomic mass is 19.1. The predicted molar refractivity (Wildman–Crippen MR) is 58.9 cm³/mol. The van der Waals surface area contributed by atoms with Crippen molar-refractivity contribution in [3.8, 4) is 0 Å². The molecule has 1 rings (SSSR count). The third kappa shape index (κ3) is 3.98. The van der Waals surface area contributed by atoms with Crippen LogP contribution in [0.4, 0.5) is 4.39 Å². The molecule has 0 fully saturated rings. The minimum Gasteiger partial charge on any atom is -0.377 e. The number of benzene rings is 1. The molecule has 15 heavy (non-hydrogen) atoms. The summed E-state index contributed by atoms with van der Waals surface area (Å²) < 4.78 is 18.5. The Morgan fingerprint density at radius 1 is 1.40 bits per heavy atom. The predicted octanol–water partition coefficient (Wildman–Crippen LogP) is 2.60. The third-order valence-electron chi connectivity index (χ3n) is 2.24. The summed E-state index contributed by atoms with van der Waals surface area (Å²) in [5, 5.41) is 0. The van der Waals surface area contributed by atoms with Gasteiger partial charge in [0.25, 0.3) is 0 Å². The number of nitrogens with two attached hydrogens (primary N) is 1. The lowest BCUT2D eigenvalue weighted by Crippen LogP contribution is -2.02. The number of rotatable bonds is 6. The van der Waals surface area contributed by atoms with Crippen LogP contribution in [0.25, 0.3) is 0 Å². The van der Waals surface area contributed by atoms with Gasteiger partial charge in [0.1, 0.15) is 5.82 Å². The van der Waals surface area contributed by atoms with E-state index in [2.05, 4.69) is 6.92 Å². The Kier molecular flexibility index (Phi) is 5.29. The summed E-state index contributed by atoms with van der Waals surface area (Å²) in [6, 6.07) is 4.95. The highest BCUT2D eigenvalue weighted by Gasteiger charge is 2.01. The maximum Gasteiger partial charge on any atom is 0.127 e. The molecule has 0 bridgehead atoms. The number of ether oxygens (including phenoxy) is 1. The zero-order chi connectivity index (χ0) is 11.1. The van der Waals surface area contributed by atoms with Crippen molar-refractivity contribution in [2.45, 2.75) is 32.9 Å². The average molecular weight is 211 g/mol. The van der Waals surface area contributed by atoms with E-state index in [1.165, 1.54) is 6.07 Å². The van der Waals surface area contributed by atoms with Crippen molar-refractivity contribution in [1.82, 2.24) is 0 Å². The molecule has 2 N–H and O–H groups in total. The van der Waals surface area contributed by atoms with Gasteiger partial charge in [0, 0.05) is 18.7 Å². The molecule has 2 nitrogen and oxygen atoms in total. The van der Waals surface area contributed by atoms with Crippen LogP contribution >= 0.6 is 0 Å². The van der Waals surface area contributed by atoms with Crippen LogP contribution in [-0.4, -0.2) is 6.61 Å². The van der Waals surface area contributed by atoms with Crippen LogP contribution in [0, 0.1) is 5.82 Å². The van der Waals surface area contributed by atoms with E-state index in [9.17, 15) is 4.39 Å². The fourth-order valence-corrected chi connectivity index (χ4v) is 1.31. The summed E-state index contributed by atoms with van der Waals surface area (Å²) in [6.07, 6.45) is 2.18. The molecule has 3 heteroatoms. The normalized spacial score (nSPS) is 10.6. The summed E-state index contributed by atoms with van der Waals surface area (Å²) in [5.41, 5.74) is 6.94. The number of unbranched alkanes of at least 4 members (excludes halogenated alkanes) is 1. The van der Waals surface area contributed by atoms with E-state index in [0.29, 0.717) is 12.2 Å². The lowest BCUT2D eigenvalue weighted by molar-refractivity contribution is 0.118. The Bertz CT molecular complexity index is 302. The van der Waals surface area contributed by atoms with Crippen LogP contribution in [0.2, 0.25) is 0 Å². The second-order valence-corrected chi connectivity index (χ2v) is 3.54. The van der Waals surface area contributed by atoms with Crippen molar-refractivity contribution >= 4 is 0 Å². The zero-order valence-electron chi connectivity index (χ0n) is 9.13. The summed E-state index contributed by atoms with van der Waals surface area (Å²) >= 11 is 0. The van der Waals surface area contributed by atoms with Crippen molar-refractivity contribution in [3.05, 3.63) is 35.1 Å². The average Bonchev–Trinajstić information content (AvgIpc) is 2.26. The monoisotopic (exact) mass is 211 g/mol. The molecule has 1 aromatic rings. The van der Waals surface area contributed by atoms with Crippen LogP contribution in [0.15, 0.2) is 18.2 Å². The van der Waals surface area contributed by atoms with Crippen molar-refractivity contribution in [3.63, 3.8) is 0 Å². The standard InChI is InChI=1S/C12H18FNO/c1-2-3-6-15-9-10-4-5-12(13)11(7-10)8-14/h4-5,7H,2-3,6,8-9,14H2,1H3. The van der Waals surface area contributed by atoms with Gasteiger partial charge in [-0.25, -0.2) is 4.39 Å². The smallest absolute Gasteiger partial charge is 0.127 e. The van der Waals surface area contributed by atoms with Gasteiger partial charge in [-0.3, -0.25) is 0 Å². The molecule has 0 aliphatic carbocycles.